The van der Waals surface area contributed by atoms with Gasteiger partial charge in [-0.15, -0.1) is 0 Å². The lowest BCUT2D eigenvalue weighted by atomic mass is 9.87. The molecule has 0 bridgehead atoms. The minimum absolute atomic E-state index is 0.0916. The first-order chi connectivity index (χ1) is 10.8. The number of amides is 1. The molecule has 1 aromatic heterocycles. The van der Waals surface area contributed by atoms with Crippen LogP contribution in [-0.4, -0.2) is 18.7 Å². The van der Waals surface area contributed by atoms with Crippen LogP contribution in [0.3, 0.4) is 0 Å². The molecule has 1 heterocycles. The second kappa shape index (κ2) is 7.63. The van der Waals surface area contributed by atoms with Crippen LogP contribution < -0.4 is 10.2 Å². The van der Waals surface area contributed by atoms with E-state index in [1.807, 2.05) is 30.3 Å². The van der Waals surface area contributed by atoms with Crippen molar-refractivity contribution in [3.05, 3.63) is 51.5 Å². The molecule has 0 aliphatic heterocycles. The van der Waals surface area contributed by atoms with Crippen molar-refractivity contribution in [1.29, 1.82) is 0 Å². The van der Waals surface area contributed by atoms with E-state index in [0.29, 0.717) is 11.5 Å². The fraction of sp³-hybridized carbons (Fsp3) is 0.294. The Morgan fingerprint density at radius 2 is 1.96 bits per heavy atom. The molecule has 0 atom stereocenters. The van der Waals surface area contributed by atoms with Gasteiger partial charge in [-0.05, 0) is 57.8 Å². The number of ether oxygens (including phenoxy) is 1. The van der Waals surface area contributed by atoms with Crippen LogP contribution in [0.2, 0.25) is 0 Å². The summed E-state index contributed by atoms with van der Waals surface area (Å²) in [6.07, 6.45) is 1.44. The molecule has 2 aromatic rings. The molecule has 23 heavy (non-hydrogen) atoms. The largest absolute Gasteiger partial charge is 0.484 e. The van der Waals surface area contributed by atoms with Crippen molar-refractivity contribution < 1.29 is 13.9 Å². The number of hydrogen-bond donors (Lipinski definition) is 1. The van der Waals surface area contributed by atoms with E-state index in [-0.39, 0.29) is 17.9 Å². The normalized spacial score (nSPS) is 11.7. The first-order valence-corrected chi connectivity index (χ1v) is 8.23. The number of carbonyl (C=O) groups is 1. The van der Waals surface area contributed by atoms with Crippen molar-refractivity contribution in [1.82, 2.24) is 5.43 Å². The first kappa shape index (κ1) is 17.5. The molecule has 0 saturated heterocycles. The van der Waals surface area contributed by atoms with Gasteiger partial charge in [-0.2, -0.15) is 5.10 Å². The van der Waals surface area contributed by atoms with Crippen LogP contribution in [0.15, 0.2) is 45.9 Å². The lowest BCUT2D eigenvalue weighted by Gasteiger charge is -2.19. The van der Waals surface area contributed by atoms with Crippen molar-refractivity contribution in [3.63, 3.8) is 0 Å². The summed E-state index contributed by atoms with van der Waals surface area (Å²) in [5.74, 6) is 0.897. The topological polar surface area (TPSA) is 63.8 Å². The Labute approximate surface area is 149 Å². The van der Waals surface area contributed by atoms with Crippen LogP contribution >= 0.6 is 22.6 Å². The van der Waals surface area contributed by atoms with Gasteiger partial charge in [-0.3, -0.25) is 4.79 Å². The Morgan fingerprint density at radius 1 is 1.26 bits per heavy atom. The van der Waals surface area contributed by atoms with Crippen molar-refractivity contribution in [2.45, 2.75) is 26.2 Å². The van der Waals surface area contributed by atoms with Gasteiger partial charge in [0, 0.05) is 0 Å². The summed E-state index contributed by atoms with van der Waals surface area (Å²) in [6.45, 7) is 6.35. The molecule has 0 fully saturated rings. The maximum Gasteiger partial charge on any atom is 0.277 e. The first-order valence-electron chi connectivity index (χ1n) is 7.15. The Hall–Kier alpha value is -1.83. The molecule has 122 valence electrons. The number of nitrogens with one attached hydrogen (secondary N) is 1. The van der Waals surface area contributed by atoms with E-state index in [1.54, 1.807) is 6.07 Å². The molecule has 5 nitrogen and oxygen atoms in total. The minimum atomic E-state index is -0.331. The van der Waals surface area contributed by atoms with Gasteiger partial charge in [0.15, 0.2) is 10.4 Å². The molecular weight excluding hydrogens is 407 g/mol. The molecule has 0 aliphatic carbocycles. The highest BCUT2D eigenvalue weighted by Gasteiger charge is 2.13. The molecule has 1 amide bonds. The fourth-order valence-corrected chi connectivity index (χ4v) is 2.23. The highest BCUT2D eigenvalue weighted by molar-refractivity contribution is 14.1. The summed E-state index contributed by atoms with van der Waals surface area (Å²) >= 11 is 2.06. The van der Waals surface area contributed by atoms with E-state index in [0.717, 1.165) is 3.77 Å². The Morgan fingerprint density at radius 3 is 2.52 bits per heavy atom. The molecular formula is C17H19IN2O3. The van der Waals surface area contributed by atoms with Crippen LogP contribution in [-0.2, 0) is 10.2 Å². The quantitative estimate of drug-likeness (QED) is 0.451. The number of hydrazone groups is 1. The van der Waals surface area contributed by atoms with E-state index in [2.05, 4.69) is 53.9 Å². The number of rotatable bonds is 5. The number of benzene rings is 1. The van der Waals surface area contributed by atoms with Crippen LogP contribution in [0, 0.1) is 3.77 Å². The van der Waals surface area contributed by atoms with E-state index in [1.165, 1.54) is 11.8 Å². The third kappa shape index (κ3) is 5.70. The molecule has 0 aliphatic rings. The van der Waals surface area contributed by atoms with Crippen molar-refractivity contribution in [2.75, 3.05) is 6.61 Å². The molecule has 0 radical (unpaired) electrons. The third-order valence-corrected chi connectivity index (χ3v) is 3.65. The second-order valence-electron chi connectivity index (χ2n) is 6.00. The SMILES string of the molecule is CC(C)(C)c1ccc(OCC(=O)N/N=C\c2ccc(I)o2)cc1. The van der Waals surface area contributed by atoms with Crippen molar-refractivity contribution in [2.24, 2.45) is 5.10 Å². The molecule has 0 saturated carbocycles. The highest BCUT2D eigenvalue weighted by Crippen LogP contribution is 2.24. The minimum Gasteiger partial charge on any atom is -0.484 e. The highest BCUT2D eigenvalue weighted by atomic mass is 127. The number of furan rings is 1. The standard InChI is InChI=1S/C17H19IN2O3/c1-17(2,3)12-4-6-13(7-5-12)22-11-16(21)20-19-10-14-8-9-15(18)23-14/h4-10H,11H2,1-3H3,(H,20,21)/b19-10-. The second-order valence-corrected chi connectivity index (χ2v) is 7.06. The maximum absolute atomic E-state index is 11.7. The van der Waals surface area contributed by atoms with Gasteiger partial charge < -0.3 is 9.15 Å². The third-order valence-electron chi connectivity index (χ3n) is 3.07. The zero-order valence-electron chi connectivity index (χ0n) is 13.3. The Bertz CT molecular complexity index is 685. The van der Waals surface area contributed by atoms with Crippen LogP contribution in [0.25, 0.3) is 0 Å². The number of carbonyl (C=O) groups excluding carboxylic acids is 1. The summed E-state index contributed by atoms with van der Waals surface area (Å²) in [4.78, 5) is 11.7. The predicted molar refractivity (Wildman–Crippen MR) is 97.8 cm³/mol. The average Bonchev–Trinajstić information content (AvgIpc) is 2.90. The van der Waals surface area contributed by atoms with Gasteiger partial charge in [0.25, 0.3) is 5.91 Å². The van der Waals surface area contributed by atoms with Gasteiger partial charge in [0.05, 0.1) is 6.21 Å². The van der Waals surface area contributed by atoms with Crippen LogP contribution in [0.5, 0.6) is 5.75 Å². The maximum atomic E-state index is 11.7. The molecule has 1 aromatic carbocycles. The summed E-state index contributed by atoms with van der Waals surface area (Å²) in [5.41, 5.74) is 3.70. The zero-order valence-corrected chi connectivity index (χ0v) is 15.5. The summed E-state index contributed by atoms with van der Waals surface area (Å²) in [6, 6.07) is 11.3. The molecule has 1 N–H and O–H groups in total. The summed E-state index contributed by atoms with van der Waals surface area (Å²) in [5, 5.41) is 3.81. The van der Waals surface area contributed by atoms with Crippen molar-refractivity contribution >= 4 is 34.7 Å². The smallest absolute Gasteiger partial charge is 0.277 e. The van der Waals surface area contributed by atoms with Gasteiger partial charge in [-0.1, -0.05) is 32.9 Å². The number of nitrogens with zero attached hydrogens (tertiary/aromatic N) is 1. The van der Waals surface area contributed by atoms with Crippen LogP contribution in [0.4, 0.5) is 0 Å². The lowest BCUT2D eigenvalue weighted by Crippen LogP contribution is -2.24. The van der Waals surface area contributed by atoms with E-state index >= 15 is 0 Å². The fourth-order valence-electron chi connectivity index (χ4n) is 1.80. The molecule has 0 unspecified atom stereocenters. The number of hydrogen-bond acceptors (Lipinski definition) is 4. The Balaban J connectivity index is 1.79. The van der Waals surface area contributed by atoms with Gasteiger partial charge in [-0.25, -0.2) is 5.43 Å². The lowest BCUT2D eigenvalue weighted by molar-refractivity contribution is -0.123. The van der Waals surface area contributed by atoms with Crippen LogP contribution in [0.1, 0.15) is 32.1 Å². The van der Waals surface area contributed by atoms with E-state index in [9.17, 15) is 4.79 Å². The average molecular weight is 426 g/mol. The van der Waals surface area contributed by atoms with Gasteiger partial charge >= 0.3 is 0 Å². The molecule has 6 heteroatoms. The van der Waals surface area contributed by atoms with E-state index < -0.39 is 0 Å². The summed E-state index contributed by atoms with van der Waals surface area (Å²) in [7, 11) is 0. The molecule has 2 rings (SSSR count). The Kier molecular flexibility index (Phi) is 5.81. The predicted octanol–water partition coefficient (Wildman–Crippen LogP) is 3.71. The summed E-state index contributed by atoms with van der Waals surface area (Å²) < 4.78 is 11.5. The van der Waals surface area contributed by atoms with Crippen molar-refractivity contribution in [3.8, 4) is 5.75 Å². The van der Waals surface area contributed by atoms with Gasteiger partial charge in [0.1, 0.15) is 11.5 Å². The molecule has 0 spiro atoms. The number of halogens is 1. The van der Waals surface area contributed by atoms with Gasteiger partial charge in [0.2, 0.25) is 0 Å². The monoisotopic (exact) mass is 426 g/mol. The zero-order chi connectivity index (χ0) is 16.9. The van der Waals surface area contributed by atoms with E-state index in [4.69, 9.17) is 9.15 Å².